The van der Waals surface area contributed by atoms with Gasteiger partial charge in [0, 0.05) is 12.2 Å². The van der Waals surface area contributed by atoms with Crippen molar-refractivity contribution in [2.75, 3.05) is 11.7 Å². The summed E-state index contributed by atoms with van der Waals surface area (Å²) in [5, 5.41) is 4.07. The molecule has 1 aliphatic heterocycles. The van der Waals surface area contributed by atoms with Crippen LogP contribution in [0.5, 0.6) is 11.5 Å². The fourth-order valence-corrected chi connectivity index (χ4v) is 3.34. The van der Waals surface area contributed by atoms with Crippen LogP contribution in [-0.4, -0.2) is 11.9 Å². The van der Waals surface area contributed by atoms with Crippen LogP contribution in [0.25, 0.3) is 0 Å². The largest absolute Gasteiger partial charge is 0.454 e. The maximum Gasteiger partial charge on any atom is 0.231 e. The SMILES string of the molecule is Cc1ccc(N(Cc2ccccc2)C(=S)NCc2ccc3c(c2)OCO3)cc1. The molecule has 0 atom stereocenters. The smallest absolute Gasteiger partial charge is 0.231 e. The standard InChI is InChI=1S/C23H22N2O2S/c1-17-7-10-20(11-8-17)25(15-18-5-3-2-4-6-18)23(28)24-14-19-9-12-21-22(13-19)27-16-26-21/h2-13H,14-16H2,1H3,(H,24,28). The fourth-order valence-electron chi connectivity index (χ4n) is 3.10. The van der Waals surface area contributed by atoms with E-state index in [1.54, 1.807) is 0 Å². The third-order valence-electron chi connectivity index (χ3n) is 4.66. The van der Waals surface area contributed by atoms with Gasteiger partial charge in [0.2, 0.25) is 6.79 Å². The summed E-state index contributed by atoms with van der Waals surface area (Å²) in [5.74, 6) is 1.57. The first-order valence-electron chi connectivity index (χ1n) is 9.23. The molecule has 0 saturated carbocycles. The summed E-state index contributed by atoms with van der Waals surface area (Å²) in [6.45, 7) is 3.69. The predicted molar refractivity (Wildman–Crippen MR) is 116 cm³/mol. The molecule has 28 heavy (non-hydrogen) atoms. The van der Waals surface area contributed by atoms with Crippen molar-refractivity contribution in [3.63, 3.8) is 0 Å². The number of nitrogens with one attached hydrogen (secondary N) is 1. The molecule has 0 spiro atoms. The van der Waals surface area contributed by atoms with Crippen LogP contribution in [0.4, 0.5) is 5.69 Å². The Bertz CT molecular complexity index is 958. The van der Waals surface area contributed by atoms with Gasteiger partial charge in [-0.25, -0.2) is 0 Å². The average Bonchev–Trinajstić information content (AvgIpc) is 3.20. The summed E-state index contributed by atoms with van der Waals surface area (Å²) in [7, 11) is 0. The fraction of sp³-hybridized carbons (Fsp3) is 0.174. The van der Waals surface area contributed by atoms with E-state index >= 15 is 0 Å². The van der Waals surface area contributed by atoms with Gasteiger partial charge >= 0.3 is 0 Å². The number of hydrogen-bond acceptors (Lipinski definition) is 3. The minimum Gasteiger partial charge on any atom is -0.454 e. The van der Waals surface area contributed by atoms with E-state index in [0.717, 1.165) is 22.7 Å². The van der Waals surface area contributed by atoms with E-state index in [0.29, 0.717) is 18.2 Å². The van der Waals surface area contributed by atoms with Crippen LogP contribution in [0.1, 0.15) is 16.7 Å². The number of fused-ring (bicyclic) bond motifs is 1. The van der Waals surface area contributed by atoms with E-state index < -0.39 is 0 Å². The molecular weight excluding hydrogens is 368 g/mol. The zero-order chi connectivity index (χ0) is 19.3. The number of benzene rings is 3. The van der Waals surface area contributed by atoms with Crippen LogP contribution < -0.4 is 19.7 Å². The molecule has 4 rings (SSSR count). The molecule has 3 aromatic carbocycles. The van der Waals surface area contributed by atoms with Gasteiger partial charge in [0.05, 0.1) is 6.54 Å². The van der Waals surface area contributed by atoms with Crippen LogP contribution in [-0.2, 0) is 13.1 Å². The molecule has 1 heterocycles. The molecule has 1 N–H and O–H groups in total. The van der Waals surface area contributed by atoms with Crippen molar-refractivity contribution in [3.8, 4) is 11.5 Å². The molecule has 0 saturated heterocycles. The van der Waals surface area contributed by atoms with Crippen molar-refractivity contribution in [2.45, 2.75) is 20.0 Å². The van der Waals surface area contributed by atoms with Crippen LogP contribution in [0.2, 0.25) is 0 Å². The Morgan fingerprint density at radius 1 is 0.929 bits per heavy atom. The summed E-state index contributed by atoms with van der Waals surface area (Å²) in [6.07, 6.45) is 0. The highest BCUT2D eigenvalue weighted by Crippen LogP contribution is 2.32. The molecular formula is C23H22N2O2S. The molecule has 0 bridgehead atoms. The topological polar surface area (TPSA) is 33.7 Å². The molecule has 142 valence electrons. The van der Waals surface area contributed by atoms with Gasteiger partial charge in [-0.05, 0) is 54.5 Å². The van der Waals surface area contributed by atoms with Gasteiger partial charge in [-0.1, -0.05) is 54.1 Å². The maximum absolute atomic E-state index is 5.75. The summed E-state index contributed by atoms with van der Waals surface area (Å²) < 4.78 is 10.8. The lowest BCUT2D eigenvalue weighted by atomic mass is 10.1. The van der Waals surface area contributed by atoms with Crippen LogP contribution in [0, 0.1) is 6.92 Å². The average molecular weight is 391 g/mol. The second-order valence-corrected chi connectivity index (χ2v) is 7.14. The van der Waals surface area contributed by atoms with Gasteiger partial charge in [-0.2, -0.15) is 0 Å². The third kappa shape index (κ3) is 4.26. The number of ether oxygens (including phenoxy) is 2. The highest BCUT2D eigenvalue weighted by atomic mass is 32.1. The maximum atomic E-state index is 5.75. The number of nitrogens with zero attached hydrogens (tertiary/aromatic N) is 1. The van der Waals surface area contributed by atoms with Crippen molar-refractivity contribution >= 4 is 23.0 Å². The Labute approximate surface area is 170 Å². The third-order valence-corrected chi connectivity index (χ3v) is 5.02. The van der Waals surface area contributed by atoms with E-state index in [9.17, 15) is 0 Å². The zero-order valence-electron chi connectivity index (χ0n) is 15.7. The summed E-state index contributed by atoms with van der Waals surface area (Å²) >= 11 is 5.75. The Kier molecular flexibility index (Phi) is 5.44. The quantitative estimate of drug-likeness (QED) is 0.633. The summed E-state index contributed by atoms with van der Waals surface area (Å²) in [6, 6.07) is 24.7. The van der Waals surface area contributed by atoms with E-state index in [2.05, 4.69) is 53.5 Å². The van der Waals surface area contributed by atoms with E-state index in [4.69, 9.17) is 21.7 Å². The van der Waals surface area contributed by atoms with Gasteiger partial charge < -0.3 is 19.7 Å². The van der Waals surface area contributed by atoms with Crippen LogP contribution in [0.3, 0.4) is 0 Å². The van der Waals surface area contributed by atoms with Gasteiger partial charge in [0.15, 0.2) is 16.6 Å². The molecule has 4 nitrogen and oxygen atoms in total. The Hall–Kier alpha value is -3.05. The molecule has 0 unspecified atom stereocenters. The van der Waals surface area contributed by atoms with Crippen LogP contribution >= 0.6 is 12.2 Å². The Morgan fingerprint density at radius 3 is 2.46 bits per heavy atom. The van der Waals surface area contributed by atoms with Crippen molar-refractivity contribution < 1.29 is 9.47 Å². The van der Waals surface area contributed by atoms with Gasteiger partial charge in [-0.3, -0.25) is 0 Å². The molecule has 0 fully saturated rings. The van der Waals surface area contributed by atoms with Gasteiger partial charge in [-0.15, -0.1) is 0 Å². The van der Waals surface area contributed by atoms with Gasteiger partial charge in [0.25, 0.3) is 0 Å². The molecule has 0 aliphatic carbocycles. The number of anilines is 1. The summed E-state index contributed by atoms with van der Waals surface area (Å²) in [5.41, 5.74) is 4.59. The van der Waals surface area contributed by atoms with Crippen molar-refractivity contribution in [3.05, 3.63) is 89.5 Å². The number of rotatable bonds is 5. The second kappa shape index (κ2) is 8.31. The van der Waals surface area contributed by atoms with Crippen molar-refractivity contribution in [1.82, 2.24) is 5.32 Å². The lowest BCUT2D eigenvalue weighted by Crippen LogP contribution is -2.39. The minimum atomic E-state index is 0.281. The molecule has 0 aromatic heterocycles. The monoisotopic (exact) mass is 390 g/mol. The van der Waals surface area contributed by atoms with E-state index in [1.807, 2.05) is 36.4 Å². The first-order valence-corrected chi connectivity index (χ1v) is 9.64. The molecule has 3 aromatic rings. The number of aryl methyl sites for hydroxylation is 1. The normalized spacial score (nSPS) is 11.9. The Morgan fingerprint density at radius 2 is 1.68 bits per heavy atom. The number of hydrogen-bond donors (Lipinski definition) is 1. The molecule has 5 heteroatoms. The Balaban J connectivity index is 1.50. The first kappa shape index (κ1) is 18.3. The van der Waals surface area contributed by atoms with E-state index in [-0.39, 0.29) is 6.79 Å². The lowest BCUT2D eigenvalue weighted by molar-refractivity contribution is 0.174. The molecule has 0 radical (unpaired) electrons. The van der Waals surface area contributed by atoms with Crippen molar-refractivity contribution in [1.29, 1.82) is 0 Å². The van der Waals surface area contributed by atoms with Crippen LogP contribution in [0.15, 0.2) is 72.8 Å². The lowest BCUT2D eigenvalue weighted by Gasteiger charge is -2.26. The molecule has 1 aliphatic rings. The number of thiocarbonyl (C=S) groups is 1. The second-order valence-electron chi connectivity index (χ2n) is 6.75. The van der Waals surface area contributed by atoms with Crippen molar-refractivity contribution in [2.24, 2.45) is 0 Å². The zero-order valence-corrected chi connectivity index (χ0v) is 16.5. The summed E-state index contributed by atoms with van der Waals surface area (Å²) in [4.78, 5) is 2.12. The molecule has 0 amide bonds. The highest BCUT2D eigenvalue weighted by Gasteiger charge is 2.15. The minimum absolute atomic E-state index is 0.281. The first-order chi connectivity index (χ1) is 13.7. The van der Waals surface area contributed by atoms with Gasteiger partial charge in [0.1, 0.15) is 0 Å². The van der Waals surface area contributed by atoms with E-state index in [1.165, 1.54) is 11.1 Å². The highest BCUT2D eigenvalue weighted by molar-refractivity contribution is 7.80. The predicted octanol–water partition coefficient (Wildman–Crippen LogP) is 4.81.